The van der Waals surface area contributed by atoms with Gasteiger partial charge in [0, 0.05) is 18.1 Å². The van der Waals surface area contributed by atoms with Crippen LogP contribution in [0, 0.1) is 16.0 Å². The number of benzene rings is 1. The monoisotopic (exact) mass is 322 g/mol. The summed E-state index contributed by atoms with van der Waals surface area (Å²) in [6.07, 6.45) is 0.580. The van der Waals surface area contributed by atoms with Crippen LogP contribution in [0.1, 0.15) is 13.3 Å². The number of nitrogens with zero attached hydrogens (tertiary/aromatic N) is 1. The Bertz CT molecular complexity index is 590. The molecule has 1 aromatic rings. The minimum absolute atomic E-state index is 0.0352. The van der Waals surface area contributed by atoms with Crippen LogP contribution in [0.2, 0.25) is 5.02 Å². The van der Waals surface area contributed by atoms with Gasteiger partial charge >= 0.3 is 0 Å². The lowest BCUT2D eigenvalue weighted by Crippen LogP contribution is -2.26. The Morgan fingerprint density at radius 3 is 2.60 bits per heavy atom. The Labute approximate surface area is 121 Å². The smallest absolute Gasteiger partial charge is 0.288 e. The topological polar surface area (TPSA) is 113 Å². The van der Waals surface area contributed by atoms with Crippen LogP contribution in [0.25, 0.3) is 0 Å². The number of nitro groups is 1. The summed E-state index contributed by atoms with van der Waals surface area (Å²) in [6, 6.07) is 3.97. The molecule has 0 aliphatic heterocycles. The van der Waals surface area contributed by atoms with Gasteiger partial charge < -0.3 is 4.74 Å². The van der Waals surface area contributed by atoms with Crippen LogP contribution in [0.3, 0.4) is 0 Å². The second-order valence-corrected chi connectivity index (χ2v) is 6.35. The molecule has 7 nitrogen and oxygen atoms in total. The lowest BCUT2D eigenvalue weighted by Gasteiger charge is -2.14. The fourth-order valence-corrected chi connectivity index (χ4v) is 2.78. The summed E-state index contributed by atoms with van der Waals surface area (Å²) in [7, 11) is -3.56. The molecule has 20 heavy (non-hydrogen) atoms. The fourth-order valence-electron chi connectivity index (χ4n) is 1.55. The molecule has 0 radical (unpaired) electrons. The molecular formula is C11H15ClN2O5S. The Morgan fingerprint density at radius 1 is 1.50 bits per heavy atom. The molecule has 1 aromatic carbocycles. The van der Waals surface area contributed by atoms with Gasteiger partial charge in [-0.1, -0.05) is 18.5 Å². The summed E-state index contributed by atoms with van der Waals surface area (Å²) >= 11 is 5.74. The lowest BCUT2D eigenvalue weighted by atomic mass is 10.1. The Balaban J connectivity index is 2.70. The van der Waals surface area contributed by atoms with Crippen LogP contribution in [0.15, 0.2) is 18.2 Å². The SMILES string of the molecule is CCC(COc1ccc([N+](=O)[O-])c(Cl)c1)CS(N)(=O)=O. The molecule has 0 aliphatic carbocycles. The number of nitro benzene ring substituents is 1. The second kappa shape index (κ2) is 6.87. The second-order valence-electron chi connectivity index (χ2n) is 4.29. The third kappa shape index (κ3) is 5.32. The molecule has 0 fully saturated rings. The molecule has 0 aromatic heterocycles. The van der Waals surface area contributed by atoms with Crippen molar-refractivity contribution in [3.05, 3.63) is 33.3 Å². The average molecular weight is 323 g/mol. The number of hydrogen-bond acceptors (Lipinski definition) is 5. The van der Waals surface area contributed by atoms with E-state index in [1.54, 1.807) is 0 Å². The minimum Gasteiger partial charge on any atom is -0.493 e. The summed E-state index contributed by atoms with van der Waals surface area (Å²) in [4.78, 5) is 10.0. The van der Waals surface area contributed by atoms with Gasteiger partial charge in [-0.25, -0.2) is 13.6 Å². The van der Waals surface area contributed by atoms with E-state index in [2.05, 4.69) is 0 Å². The maximum atomic E-state index is 11.0. The van der Waals surface area contributed by atoms with E-state index in [-0.39, 0.29) is 29.0 Å². The number of rotatable bonds is 7. The maximum Gasteiger partial charge on any atom is 0.288 e. The zero-order chi connectivity index (χ0) is 15.3. The van der Waals surface area contributed by atoms with Crippen molar-refractivity contribution >= 4 is 27.3 Å². The molecule has 9 heteroatoms. The predicted molar refractivity (Wildman–Crippen MR) is 75.4 cm³/mol. The fraction of sp³-hybridized carbons (Fsp3) is 0.455. The average Bonchev–Trinajstić information content (AvgIpc) is 2.32. The van der Waals surface area contributed by atoms with Gasteiger partial charge in [0.2, 0.25) is 10.0 Å². The van der Waals surface area contributed by atoms with E-state index in [4.69, 9.17) is 21.5 Å². The van der Waals surface area contributed by atoms with Crippen molar-refractivity contribution in [3.8, 4) is 5.75 Å². The molecule has 1 rings (SSSR count). The minimum atomic E-state index is -3.56. The molecule has 0 aliphatic rings. The highest BCUT2D eigenvalue weighted by molar-refractivity contribution is 7.89. The Morgan fingerprint density at radius 2 is 2.15 bits per heavy atom. The summed E-state index contributed by atoms with van der Waals surface area (Å²) in [5, 5.41) is 15.5. The van der Waals surface area contributed by atoms with Crippen LogP contribution in [-0.2, 0) is 10.0 Å². The summed E-state index contributed by atoms with van der Waals surface area (Å²) in [5.74, 6) is -0.0862. The molecular weight excluding hydrogens is 308 g/mol. The number of primary sulfonamides is 1. The van der Waals surface area contributed by atoms with E-state index in [1.165, 1.54) is 18.2 Å². The van der Waals surface area contributed by atoms with Gasteiger partial charge in [0.15, 0.2) is 0 Å². The summed E-state index contributed by atoms with van der Waals surface area (Å²) < 4.78 is 27.4. The number of halogens is 1. The summed E-state index contributed by atoms with van der Waals surface area (Å²) in [5.41, 5.74) is -0.212. The van der Waals surface area contributed by atoms with Gasteiger partial charge in [-0.15, -0.1) is 0 Å². The number of sulfonamides is 1. The van der Waals surface area contributed by atoms with Crippen LogP contribution in [0.5, 0.6) is 5.75 Å². The van der Waals surface area contributed by atoms with Gasteiger partial charge in [-0.3, -0.25) is 10.1 Å². The molecule has 1 atom stereocenters. The highest BCUT2D eigenvalue weighted by atomic mass is 35.5. The predicted octanol–water partition coefficient (Wildman–Crippen LogP) is 1.94. The van der Waals surface area contributed by atoms with Crippen LogP contribution in [-0.4, -0.2) is 25.7 Å². The normalized spacial score (nSPS) is 12.9. The number of nitrogens with two attached hydrogens (primary N) is 1. The largest absolute Gasteiger partial charge is 0.493 e. The van der Waals surface area contributed by atoms with Crippen molar-refractivity contribution in [1.82, 2.24) is 0 Å². The highest BCUT2D eigenvalue weighted by Crippen LogP contribution is 2.28. The molecule has 0 saturated heterocycles. The van der Waals surface area contributed by atoms with E-state index in [0.717, 1.165) is 0 Å². The first-order chi connectivity index (χ1) is 9.23. The third-order valence-corrected chi connectivity index (χ3v) is 3.89. The van der Waals surface area contributed by atoms with Crippen LogP contribution >= 0.6 is 11.6 Å². The molecule has 0 spiro atoms. The van der Waals surface area contributed by atoms with Crippen molar-refractivity contribution in [3.63, 3.8) is 0 Å². The standard InChI is InChI=1S/C11H15ClN2O5S/c1-2-8(7-20(13,17)18)6-19-9-3-4-11(14(15)16)10(12)5-9/h3-5,8H,2,6-7H2,1H3,(H2,13,17,18). The van der Waals surface area contributed by atoms with Gasteiger partial charge in [-0.05, 0) is 12.5 Å². The molecule has 0 heterocycles. The molecule has 0 bridgehead atoms. The quantitative estimate of drug-likeness (QED) is 0.609. The third-order valence-electron chi connectivity index (χ3n) is 2.65. The zero-order valence-corrected chi connectivity index (χ0v) is 12.4. The first-order valence-electron chi connectivity index (χ1n) is 5.80. The van der Waals surface area contributed by atoms with Crippen LogP contribution < -0.4 is 9.88 Å². The summed E-state index contributed by atoms with van der Waals surface area (Å²) in [6.45, 7) is 1.96. The number of hydrogen-bond donors (Lipinski definition) is 1. The van der Waals surface area contributed by atoms with Gasteiger partial charge in [0.1, 0.15) is 10.8 Å². The van der Waals surface area contributed by atoms with E-state index < -0.39 is 14.9 Å². The Kier molecular flexibility index (Phi) is 5.73. The lowest BCUT2D eigenvalue weighted by molar-refractivity contribution is -0.384. The van der Waals surface area contributed by atoms with Gasteiger partial charge in [0.25, 0.3) is 5.69 Å². The van der Waals surface area contributed by atoms with Gasteiger partial charge in [0.05, 0.1) is 17.3 Å². The maximum absolute atomic E-state index is 11.0. The van der Waals surface area contributed by atoms with Crippen molar-refractivity contribution in [2.24, 2.45) is 11.1 Å². The Hall–Kier alpha value is -1.38. The first kappa shape index (κ1) is 16.7. The van der Waals surface area contributed by atoms with Gasteiger partial charge in [-0.2, -0.15) is 0 Å². The molecule has 1 unspecified atom stereocenters. The first-order valence-corrected chi connectivity index (χ1v) is 7.89. The van der Waals surface area contributed by atoms with Crippen LogP contribution in [0.4, 0.5) is 5.69 Å². The van der Waals surface area contributed by atoms with Crippen molar-refractivity contribution in [2.75, 3.05) is 12.4 Å². The van der Waals surface area contributed by atoms with Crippen molar-refractivity contribution in [2.45, 2.75) is 13.3 Å². The van der Waals surface area contributed by atoms with Crippen molar-refractivity contribution in [1.29, 1.82) is 0 Å². The number of ether oxygens (including phenoxy) is 1. The highest BCUT2D eigenvalue weighted by Gasteiger charge is 2.16. The zero-order valence-electron chi connectivity index (χ0n) is 10.8. The molecule has 2 N–H and O–H groups in total. The van der Waals surface area contributed by atoms with E-state index in [9.17, 15) is 18.5 Å². The molecule has 0 saturated carbocycles. The van der Waals surface area contributed by atoms with E-state index in [1.807, 2.05) is 6.92 Å². The molecule has 112 valence electrons. The van der Waals surface area contributed by atoms with E-state index in [0.29, 0.717) is 12.2 Å². The van der Waals surface area contributed by atoms with E-state index >= 15 is 0 Å². The van der Waals surface area contributed by atoms with Crippen molar-refractivity contribution < 1.29 is 18.1 Å². The molecule has 0 amide bonds.